The highest BCUT2D eigenvalue weighted by atomic mass is 32.2. The van der Waals surface area contributed by atoms with Gasteiger partial charge in [0.25, 0.3) is 0 Å². The Balaban J connectivity index is 1.45. The van der Waals surface area contributed by atoms with Gasteiger partial charge >= 0.3 is 0 Å². The van der Waals surface area contributed by atoms with Crippen LogP contribution in [-0.4, -0.2) is 46.7 Å². The van der Waals surface area contributed by atoms with E-state index < -0.39 is 0 Å². The third kappa shape index (κ3) is 7.95. The number of nitrogens with one attached hydrogen (secondary N) is 2. The second kappa shape index (κ2) is 13.1. The van der Waals surface area contributed by atoms with Gasteiger partial charge in [-0.2, -0.15) is 0 Å². The van der Waals surface area contributed by atoms with Gasteiger partial charge in [-0.15, -0.1) is 10.2 Å². The van der Waals surface area contributed by atoms with Gasteiger partial charge in [0.05, 0.1) is 36.1 Å². The van der Waals surface area contributed by atoms with Crippen LogP contribution in [-0.2, 0) is 9.59 Å². The highest BCUT2D eigenvalue weighted by Gasteiger charge is 2.13. The first-order valence-corrected chi connectivity index (χ1v) is 13.0. The summed E-state index contributed by atoms with van der Waals surface area (Å²) in [7, 11) is 0. The molecule has 0 spiro atoms. The van der Waals surface area contributed by atoms with Crippen molar-refractivity contribution in [1.82, 2.24) is 10.2 Å². The molecule has 0 fully saturated rings. The molecule has 33 heavy (non-hydrogen) atoms. The number of anilines is 2. The van der Waals surface area contributed by atoms with E-state index >= 15 is 0 Å². The summed E-state index contributed by atoms with van der Waals surface area (Å²) in [5.74, 6) is 1.32. The largest absolute Gasteiger partial charge is 0.492 e. The van der Waals surface area contributed by atoms with Crippen LogP contribution < -0.4 is 20.1 Å². The average Bonchev–Trinajstić information content (AvgIpc) is 3.27. The van der Waals surface area contributed by atoms with Gasteiger partial charge in [-0.3, -0.25) is 9.59 Å². The van der Waals surface area contributed by atoms with Crippen LogP contribution in [0.4, 0.5) is 11.4 Å². The Morgan fingerprint density at radius 1 is 0.788 bits per heavy atom. The Kier molecular flexibility index (Phi) is 9.85. The lowest BCUT2D eigenvalue weighted by molar-refractivity contribution is -0.114. The summed E-state index contributed by atoms with van der Waals surface area (Å²) in [6.45, 7) is 4.82. The Labute approximate surface area is 204 Å². The van der Waals surface area contributed by atoms with Crippen LogP contribution >= 0.6 is 34.9 Å². The van der Waals surface area contributed by atoms with Crippen molar-refractivity contribution in [3.05, 3.63) is 48.5 Å². The van der Waals surface area contributed by atoms with Crippen LogP contribution in [0.25, 0.3) is 0 Å². The molecule has 3 aromatic rings. The second-order valence-electron chi connectivity index (χ2n) is 6.37. The maximum Gasteiger partial charge on any atom is 0.234 e. The molecule has 0 bridgehead atoms. The molecule has 0 aliphatic carbocycles. The zero-order chi connectivity index (χ0) is 23.5. The van der Waals surface area contributed by atoms with Gasteiger partial charge in [-0.05, 0) is 38.1 Å². The van der Waals surface area contributed by atoms with Crippen LogP contribution in [0.3, 0.4) is 0 Å². The summed E-state index contributed by atoms with van der Waals surface area (Å²) >= 11 is 3.93. The summed E-state index contributed by atoms with van der Waals surface area (Å²) in [5.41, 5.74) is 1.27. The zero-order valence-electron chi connectivity index (χ0n) is 18.2. The minimum Gasteiger partial charge on any atom is -0.492 e. The standard InChI is InChI=1S/C22H24N4O4S3/c1-3-29-17-11-7-5-9-15(17)23-19(27)13-31-21-25-26-22(33-21)32-14-20(28)24-16-10-6-8-12-18(16)30-4-2/h5-12H,3-4,13-14H2,1-2H3,(H,23,27)(H,24,28). The third-order valence-corrected chi connectivity index (χ3v) is 7.15. The van der Waals surface area contributed by atoms with E-state index in [4.69, 9.17) is 9.47 Å². The number of thioether (sulfide) groups is 2. The SMILES string of the molecule is CCOc1ccccc1NC(=O)CSc1nnc(SCC(=O)Nc2ccccc2OCC)s1. The van der Waals surface area contributed by atoms with E-state index in [1.807, 2.05) is 50.2 Å². The average molecular weight is 505 g/mol. The first-order valence-electron chi connectivity index (χ1n) is 10.2. The molecule has 2 amide bonds. The minimum atomic E-state index is -0.163. The second-order valence-corrected chi connectivity index (χ2v) is 9.79. The number of nitrogens with zero attached hydrogens (tertiary/aromatic N) is 2. The number of hydrogen-bond donors (Lipinski definition) is 2. The Morgan fingerprint density at radius 2 is 1.21 bits per heavy atom. The molecule has 0 unspecified atom stereocenters. The fourth-order valence-electron chi connectivity index (χ4n) is 2.64. The Hall–Kier alpha value is -2.76. The van der Waals surface area contributed by atoms with E-state index in [1.165, 1.54) is 34.9 Å². The number of carbonyl (C=O) groups excluding carboxylic acids is 2. The van der Waals surface area contributed by atoms with Crippen LogP contribution in [0.1, 0.15) is 13.8 Å². The summed E-state index contributed by atoms with van der Waals surface area (Å²) in [4.78, 5) is 24.6. The van der Waals surface area contributed by atoms with Crippen molar-refractivity contribution in [1.29, 1.82) is 0 Å². The van der Waals surface area contributed by atoms with Gasteiger partial charge in [0.15, 0.2) is 8.68 Å². The quantitative estimate of drug-likeness (QED) is 0.339. The molecule has 0 atom stereocenters. The first-order chi connectivity index (χ1) is 16.1. The molecular formula is C22H24N4O4S3. The molecular weight excluding hydrogens is 480 g/mol. The summed E-state index contributed by atoms with van der Waals surface area (Å²) in [6, 6.07) is 14.6. The highest BCUT2D eigenvalue weighted by Crippen LogP contribution is 2.30. The molecule has 1 heterocycles. The maximum atomic E-state index is 12.3. The number of benzene rings is 2. The van der Waals surface area contributed by atoms with Crippen LogP contribution in [0.15, 0.2) is 57.2 Å². The van der Waals surface area contributed by atoms with Crippen molar-refractivity contribution in [2.24, 2.45) is 0 Å². The van der Waals surface area contributed by atoms with Crippen molar-refractivity contribution in [2.75, 3.05) is 35.4 Å². The molecule has 0 radical (unpaired) electrons. The molecule has 8 nitrogen and oxygen atoms in total. The predicted molar refractivity (Wildman–Crippen MR) is 134 cm³/mol. The van der Waals surface area contributed by atoms with Gasteiger partial charge in [0.2, 0.25) is 11.8 Å². The van der Waals surface area contributed by atoms with Crippen molar-refractivity contribution in [3.63, 3.8) is 0 Å². The first kappa shape index (κ1) is 24.9. The topological polar surface area (TPSA) is 102 Å². The molecule has 3 rings (SSSR count). The Morgan fingerprint density at radius 3 is 1.64 bits per heavy atom. The van der Waals surface area contributed by atoms with Crippen LogP contribution in [0.5, 0.6) is 11.5 Å². The van der Waals surface area contributed by atoms with E-state index in [-0.39, 0.29) is 23.3 Å². The fourth-order valence-corrected chi connectivity index (χ4v) is 5.26. The number of ether oxygens (including phenoxy) is 2. The molecule has 11 heteroatoms. The van der Waals surface area contributed by atoms with Crippen molar-refractivity contribution in [3.8, 4) is 11.5 Å². The van der Waals surface area contributed by atoms with Crippen molar-refractivity contribution < 1.29 is 19.1 Å². The van der Waals surface area contributed by atoms with E-state index in [9.17, 15) is 9.59 Å². The number of rotatable bonds is 12. The fraction of sp³-hybridized carbons (Fsp3) is 0.273. The smallest absolute Gasteiger partial charge is 0.234 e. The van der Waals surface area contributed by atoms with Gasteiger partial charge in [0.1, 0.15) is 11.5 Å². The predicted octanol–water partition coefficient (Wildman–Crippen LogP) is 4.80. The normalized spacial score (nSPS) is 10.5. The van der Waals surface area contributed by atoms with Gasteiger partial charge in [-0.1, -0.05) is 59.1 Å². The lowest BCUT2D eigenvalue weighted by Gasteiger charge is -2.10. The lowest BCUT2D eigenvalue weighted by Crippen LogP contribution is -2.14. The van der Waals surface area contributed by atoms with E-state index in [1.54, 1.807) is 12.1 Å². The van der Waals surface area contributed by atoms with Crippen molar-refractivity contribution in [2.45, 2.75) is 22.5 Å². The van der Waals surface area contributed by atoms with Crippen LogP contribution in [0.2, 0.25) is 0 Å². The number of para-hydroxylation sites is 4. The molecule has 0 saturated carbocycles. The molecule has 0 saturated heterocycles. The number of aromatic nitrogens is 2. The van der Waals surface area contributed by atoms with Crippen LogP contribution in [0, 0.1) is 0 Å². The maximum absolute atomic E-state index is 12.3. The zero-order valence-corrected chi connectivity index (χ0v) is 20.6. The monoisotopic (exact) mass is 504 g/mol. The minimum absolute atomic E-state index is 0.163. The summed E-state index contributed by atoms with van der Waals surface area (Å²) in [5, 5.41) is 13.9. The van der Waals surface area contributed by atoms with E-state index in [2.05, 4.69) is 20.8 Å². The molecule has 1 aromatic heterocycles. The van der Waals surface area contributed by atoms with Crippen molar-refractivity contribution >= 4 is 58.0 Å². The highest BCUT2D eigenvalue weighted by molar-refractivity contribution is 8.03. The van der Waals surface area contributed by atoms with E-state index in [0.29, 0.717) is 44.8 Å². The van der Waals surface area contributed by atoms with Gasteiger partial charge in [-0.25, -0.2) is 0 Å². The summed E-state index contributed by atoms with van der Waals surface area (Å²) in [6.07, 6.45) is 0. The number of carbonyl (C=O) groups is 2. The lowest BCUT2D eigenvalue weighted by atomic mass is 10.3. The molecule has 2 aromatic carbocycles. The summed E-state index contributed by atoms with van der Waals surface area (Å²) < 4.78 is 12.4. The third-order valence-electron chi connectivity index (χ3n) is 3.96. The van der Waals surface area contributed by atoms with E-state index in [0.717, 1.165) is 0 Å². The van der Waals surface area contributed by atoms with Gasteiger partial charge in [0, 0.05) is 0 Å². The molecule has 2 N–H and O–H groups in total. The molecule has 0 aliphatic rings. The van der Waals surface area contributed by atoms with Gasteiger partial charge < -0.3 is 20.1 Å². The number of amides is 2. The Bertz CT molecular complexity index is 995. The number of hydrogen-bond acceptors (Lipinski definition) is 9. The molecule has 0 aliphatic heterocycles. The molecule has 174 valence electrons.